The van der Waals surface area contributed by atoms with Crippen molar-refractivity contribution in [1.29, 1.82) is 0 Å². The zero-order valence-electron chi connectivity index (χ0n) is 16.7. The van der Waals surface area contributed by atoms with Gasteiger partial charge in [-0.05, 0) is 17.7 Å². The Kier molecular flexibility index (Phi) is 3.89. The lowest BCUT2D eigenvalue weighted by Gasteiger charge is -2.29. The summed E-state index contributed by atoms with van der Waals surface area (Å²) in [6.07, 6.45) is 0. The van der Waals surface area contributed by atoms with E-state index in [0.29, 0.717) is 28.4 Å². The van der Waals surface area contributed by atoms with Gasteiger partial charge in [-0.2, -0.15) is 0 Å². The third-order valence-electron chi connectivity index (χ3n) is 6.06. The Bertz CT molecular complexity index is 1360. The van der Waals surface area contributed by atoms with Crippen LogP contribution in [0.2, 0.25) is 0 Å². The van der Waals surface area contributed by atoms with Crippen LogP contribution in [0, 0.1) is 5.92 Å². The minimum absolute atomic E-state index is 0.0632. The maximum Gasteiger partial charge on any atom is 0.332 e. The molecular formula is C23H19N3O4. The molecule has 0 bridgehead atoms. The molecule has 0 amide bonds. The third kappa shape index (κ3) is 2.32. The number of aliphatic imine (C=N–C) groups is 1. The van der Waals surface area contributed by atoms with Crippen molar-refractivity contribution in [2.45, 2.75) is 5.92 Å². The number of ketones is 1. The van der Waals surface area contributed by atoms with Gasteiger partial charge in [-0.1, -0.05) is 36.4 Å². The van der Waals surface area contributed by atoms with Gasteiger partial charge in [0.2, 0.25) is 0 Å². The van der Waals surface area contributed by atoms with Crippen molar-refractivity contribution in [3.05, 3.63) is 91.6 Å². The first-order valence-corrected chi connectivity index (χ1v) is 9.60. The molecule has 1 aliphatic heterocycles. The van der Waals surface area contributed by atoms with Crippen LogP contribution in [0.4, 0.5) is 5.82 Å². The van der Waals surface area contributed by atoms with Crippen LogP contribution < -0.4 is 16.0 Å². The van der Waals surface area contributed by atoms with Crippen LogP contribution in [0.25, 0.3) is 0 Å². The number of carbonyl (C=O) groups is 1. The molecule has 7 nitrogen and oxygen atoms in total. The van der Waals surface area contributed by atoms with Gasteiger partial charge in [-0.25, -0.2) is 9.79 Å². The molecule has 5 rings (SSSR count). The van der Waals surface area contributed by atoms with Crippen LogP contribution in [-0.2, 0) is 14.1 Å². The van der Waals surface area contributed by atoms with E-state index in [9.17, 15) is 14.4 Å². The molecule has 2 atom stereocenters. The molecule has 0 saturated heterocycles. The summed E-state index contributed by atoms with van der Waals surface area (Å²) in [6, 6.07) is 14.6. The van der Waals surface area contributed by atoms with Crippen LogP contribution in [0.5, 0.6) is 5.75 Å². The van der Waals surface area contributed by atoms with E-state index in [1.165, 1.54) is 11.6 Å². The number of Topliss-reactive ketones (excluding diaryl/α,β-unsaturated/α-hetero) is 1. The highest BCUT2D eigenvalue weighted by atomic mass is 16.5. The number of benzene rings is 2. The van der Waals surface area contributed by atoms with Crippen molar-refractivity contribution in [2.75, 3.05) is 7.11 Å². The topological polar surface area (TPSA) is 82.7 Å². The molecule has 1 aliphatic carbocycles. The average molecular weight is 401 g/mol. The van der Waals surface area contributed by atoms with E-state index in [4.69, 9.17) is 9.73 Å². The van der Waals surface area contributed by atoms with Crippen molar-refractivity contribution < 1.29 is 9.53 Å². The van der Waals surface area contributed by atoms with Gasteiger partial charge < -0.3 is 4.74 Å². The predicted octanol–water partition coefficient (Wildman–Crippen LogP) is 2.17. The van der Waals surface area contributed by atoms with Gasteiger partial charge >= 0.3 is 5.69 Å². The summed E-state index contributed by atoms with van der Waals surface area (Å²) in [7, 11) is 4.62. The first-order valence-electron chi connectivity index (χ1n) is 9.60. The Morgan fingerprint density at radius 2 is 1.53 bits per heavy atom. The first kappa shape index (κ1) is 18.3. The second-order valence-corrected chi connectivity index (χ2v) is 7.58. The second kappa shape index (κ2) is 6.38. The molecular weight excluding hydrogens is 382 g/mol. The summed E-state index contributed by atoms with van der Waals surface area (Å²) in [5, 5.41) is 0. The number of ether oxygens (including phenoxy) is 1. The Morgan fingerprint density at radius 3 is 2.20 bits per heavy atom. The maximum absolute atomic E-state index is 13.4. The van der Waals surface area contributed by atoms with Gasteiger partial charge in [-0.3, -0.25) is 18.7 Å². The first-order chi connectivity index (χ1) is 14.4. The van der Waals surface area contributed by atoms with Crippen molar-refractivity contribution >= 4 is 17.3 Å². The van der Waals surface area contributed by atoms with Crippen molar-refractivity contribution in [3.63, 3.8) is 0 Å². The smallest absolute Gasteiger partial charge is 0.332 e. The Balaban J connectivity index is 1.87. The van der Waals surface area contributed by atoms with Gasteiger partial charge in [-0.15, -0.1) is 0 Å². The van der Waals surface area contributed by atoms with Crippen molar-refractivity contribution in [3.8, 4) is 5.75 Å². The highest BCUT2D eigenvalue weighted by molar-refractivity contribution is 6.30. The van der Waals surface area contributed by atoms with E-state index >= 15 is 0 Å². The van der Waals surface area contributed by atoms with E-state index in [0.717, 1.165) is 15.7 Å². The SMILES string of the molecule is COc1ccc(C2c3c(n(C)c(=O)n(C)c3=O)N=C3c4ccccc4C(=O)C32)cc1. The minimum Gasteiger partial charge on any atom is -0.497 e. The van der Waals surface area contributed by atoms with E-state index < -0.39 is 23.1 Å². The molecule has 0 spiro atoms. The number of hydrogen-bond donors (Lipinski definition) is 0. The molecule has 2 heterocycles. The number of carbonyl (C=O) groups excluding carboxylic acids is 1. The van der Waals surface area contributed by atoms with Crippen LogP contribution in [-0.4, -0.2) is 27.7 Å². The number of aromatic nitrogens is 2. The predicted molar refractivity (Wildman–Crippen MR) is 112 cm³/mol. The lowest BCUT2D eigenvalue weighted by molar-refractivity contribution is 0.0953. The number of fused-ring (bicyclic) bond motifs is 4. The van der Waals surface area contributed by atoms with Crippen LogP contribution in [0.15, 0.2) is 63.1 Å². The van der Waals surface area contributed by atoms with E-state index in [1.54, 1.807) is 32.4 Å². The second-order valence-electron chi connectivity index (χ2n) is 7.58. The fourth-order valence-corrected chi connectivity index (χ4v) is 4.54. The standard InChI is InChI=1S/C23H19N3O4/c1-25-21-18(22(28)26(2)23(25)29)16(12-8-10-13(30-3)11-9-12)17-19(24-21)14-6-4-5-7-15(14)20(17)27/h4-11,16-17H,1-3H3. The van der Waals surface area contributed by atoms with Gasteiger partial charge in [0.05, 0.1) is 24.3 Å². The molecule has 0 saturated carbocycles. The van der Waals surface area contributed by atoms with Gasteiger partial charge in [0, 0.05) is 31.1 Å². The summed E-state index contributed by atoms with van der Waals surface area (Å²) in [6.45, 7) is 0. The zero-order chi connectivity index (χ0) is 21.2. The largest absolute Gasteiger partial charge is 0.497 e. The Morgan fingerprint density at radius 1 is 0.867 bits per heavy atom. The Labute approximate surface area is 171 Å². The summed E-state index contributed by atoms with van der Waals surface area (Å²) in [5.41, 5.74) is 2.23. The molecule has 3 aromatic rings. The molecule has 2 unspecified atom stereocenters. The minimum atomic E-state index is -0.617. The normalized spacial score (nSPS) is 19.0. The lowest BCUT2D eigenvalue weighted by Crippen LogP contribution is -2.43. The average Bonchev–Trinajstić information content (AvgIpc) is 3.07. The van der Waals surface area contributed by atoms with Gasteiger partial charge in [0.1, 0.15) is 11.6 Å². The zero-order valence-corrected chi connectivity index (χ0v) is 16.7. The molecule has 2 aliphatic rings. The number of methoxy groups -OCH3 is 1. The number of hydrogen-bond acceptors (Lipinski definition) is 5. The summed E-state index contributed by atoms with van der Waals surface area (Å²) in [5.74, 6) is -0.248. The van der Waals surface area contributed by atoms with Crippen LogP contribution >= 0.6 is 0 Å². The molecule has 0 radical (unpaired) electrons. The van der Waals surface area contributed by atoms with E-state index in [2.05, 4.69) is 0 Å². The highest BCUT2D eigenvalue weighted by Crippen LogP contribution is 2.46. The highest BCUT2D eigenvalue weighted by Gasteiger charge is 2.47. The molecule has 0 N–H and O–H groups in total. The molecule has 0 fully saturated rings. The van der Waals surface area contributed by atoms with Crippen molar-refractivity contribution in [1.82, 2.24) is 9.13 Å². The van der Waals surface area contributed by atoms with E-state index in [1.807, 2.05) is 30.3 Å². The monoisotopic (exact) mass is 401 g/mol. The summed E-state index contributed by atoms with van der Waals surface area (Å²) < 4.78 is 7.71. The van der Waals surface area contributed by atoms with Crippen molar-refractivity contribution in [2.24, 2.45) is 25.0 Å². The quantitative estimate of drug-likeness (QED) is 0.659. The van der Waals surface area contributed by atoms with Crippen LogP contribution in [0.3, 0.4) is 0 Å². The molecule has 150 valence electrons. The fraction of sp³-hybridized carbons (Fsp3) is 0.217. The van der Waals surface area contributed by atoms with Gasteiger partial charge in [0.15, 0.2) is 5.78 Å². The van der Waals surface area contributed by atoms with Crippen LogP contribution in [0.1, 0.15) is 33.0 Å². The summed E-state index contributed by atoms with van der Waals surface area (Å²) in [4.78, 5) is 43.9. The lowest BCUT2D eigenvalue weighted by atomic mass is 9.76. The molecule has 7 heteroatoms. The summed E-state index contributed by atoms with van der Waals surface area (Å²) >= 11 is 0. The van der Waals surface area contributed by atoms with Gasteiger partial charge in [0.25, 0.3) is 5.56 Å². The van der Waals surface area contributed by atoms with E-state index in [-0.39, 0.29) is 5.78 Å². The molecule has 2 aromatic carbocycles. The number of nitrogens with zero attached hydrogens (tertiary/aromatic N) is 3. The number of rotatable bonds is 2. The molecule has 30 heavy (non-hydrogen) atoms. The maximum atomic E-state index is 13.4. The third-order valence-corrected chi connectivity index (χ3v) is 6.06. The fourth-order valence-electron chi connectivity index (χ4n) is 4.54. The Hall–Kier alpha value is -3.74. The molecule has 1 aromatic heterocycles.